The number of hydrogen-bond donors (Lipinski definition) is 0. The molecule has 0 amide bonds. The third-order valence-corrected chi connectivity index (χ3v) is 7.95. The minimum Gasteiger partial charge on any atom is -0.0776 e. The van der Waals surface area contributed by atoms with Gasteiger partial charge in [0.15, 0.2) is 0 Å². The molecular formula is C33H46. The van der Waals surface area contributed by atoms with Crippen LogP contribution < -0.4 is 0 Å². The van der Waals surface area contributed by atoms with Gasteiger partial charge in [0, 0.05) is 0 Å². The number of rotatable bonds is 2. The summed E-state index contributed by atoms with van der Waals surface area (Å²) in [6.07, 6.45) is 4.16. The average molecular weight is 443 g/mol. The second-order valence-electron chi connectivity index (χ2n) is 10.4. The third-order valence-electron chi connectivity index (χ3n) is 7.95. The van der Waals surface area contributed by atoms with Crippen molar-refractivity contribution in [3.05, 3.63) is 93.5 Å². The summed E-state index contributed by atoms with van der Waals surface area (Å²) in [4.78, 5) is 0. The largest absolute Gasteiger partial charge is 0.0776 e. The molecule has 0 nitrogen and oxygen atoms in total. The topological polar surface area (TPSA) is 0 Å². The lowest BCUT2D eigenvalue weighted by Gasteiger charge is -2.32. The van der Waals surface area contributed by atoms with Gasteiger partial charge in [-0.05, 0) is 129 Å². The first kappa shape index (κ1) is 26.9. The Hall–Kier alpha value is -2.34. The van der Waals surface area contributed by atoms with Crippen molar-refractivity contribution < 1.29 is 0 Å². The van der Waals surface area contributed by atoms with Crippen LogP contribution in [-0.4, -0.2) is 0 Å². The predicted octanol–water partition coefficient (Wildman–Crippen LogP) is 10.1. The van der Waals surface area contributed by atoms with Crippen LogP contribution in [0, 0.1) is 53.4 Å². The van der Waals surface area contributed by atoms with E-state index in [4.69, 9.17) is 0 Å². The molecule has 0 heterocycles. The zero-order valence-electron chi connectivity index (χ0n) is 21.5. The van der Waals surface area contributed by atoms with Gasteiger partial charge in [0.05, 0.1) is 0 Å². The van der Waals surface area contributed by atoms with Crippen LogP contribution in [0.5, 0.6) is 0 Å². The van der Waals surface area contributed by atoms with Crippen LogP contribution >= 0.6 is 0 Å². The summed E-state index contributed by atoms with van der Waals surface area (Å²) < 4.78 is 0. The molecule has 3 unspecified atom stereocenters. The molecule has 33 heavy (non-hydrogen) atoms. The maximum Gasteiger partial charge on any atom is -0.0159 e. The Bertz CT molecular complexity index is 1010. The summed E-state index contributed by atoms with van der Waals surface area (Å²) >= 11 is 0. The molecule has 0 radical (unpaired) electrons. The molecule has 0 bridgehead atoms. The highest BCUT2D eigenvalue weighted by atomic mass is 14.3. The van der Waals surface area contributed by atoms with Gasteiger partial charge in [-0.15, -0.1) is 0 Å². The summed E-state index contributed by atoms with van der Waals surface area (Å²) in [6.45, 7) is 17.9. The Kier molecular flexibility index (Phi) is 9.53. The van der Waals surface area contributed by atoms with Gasteiger partial charge in [-0.25, -0.2) is 0 Å². The van der Waals surface area contributed by atoms with Gasteiger partial charge in [0.25, 0.3) is 0 Å². The summed E-state index contributed by atoms with van der Waals surface area (Å²) in [5, 5.41) is 0. The first-order valence-corrected chi connectivity index (χ1v) is 12.4. The zero-order valence-corrected chi connectivity index (χ0v) is 21.5. The van der Waals surface area contributed by atoms with Crippen LogP contribution in [-0.2, 0) is 0 Å². The molecule has 0 N–H and O–H groups in total. The molecule has 3 aromatic rings. The quantitative estimate of drug-likeness (QED) is 0.370. The summed E-state index contributed by atoms with van der Waals surface area (Å²) in [6, 6.07) is 20.4. The molecule has 0 saturated heterocycles. The van der Waals surface area contributed by atoms with E-state index in [-0.39, 0.29) is 7.43 Å². The number of benzene rings is 3. The van der Waals surface area contributed by atoms with E-state index < -0.39 is 0 Å². The Balaban J connectivity index is 0.000000227. The van der Waals surface area contributed by atoms with Crippen LogP contribution in [0.2, 0.25) is 0 Å². The van der Waals surface area contributed by atoms with Crippen molar-refractivity contribution in [1.29, 1.82) is 0 Å². The second kappa shape index (κ2) is 11.7. The number of hydrogen-bond acceptors (Lipinski definition) is 0. The van der Waals surface area contributed by atoms with Crippen molar-refractivity contribution in [2.24, 2.45) is 11.8 Å². The summed E-state index contributed by atoms with van der Waals surface area (Å²) in [5.41, 5.74) is 12.5. The second-order valence-corrected chi connectivity index (χ2v) is 10.4. The van der Waals surface area contributed by atoms with Crippen molar-refractivity contribution in [1.82, 2.24) is 0 Å². The molecule has 0 spiro atoms. The van der Waals surface area contributed by atoms with E-state index in [1.807, 2.05) is 0 Å². The van der Waals surface area contributed by atoms with Gasteiger partial charge in [-0.1, -0.05) is 75.9 Å². The fourth-order valence-electron chi connectivity index (χ4n) is 4.71. The fraction of sp³-hybridized carbons (Fsp3) is 0.455. The van der Waals surface area contributed by atoms with Gasteiger partial charge < -0.3 is 0 Å². The van der Waals surface area contributed by atoms with Gasteiger partial charge >= 0.3 is 0 Å². The molecule has 3 aromatic carbocycles. The molecule has 4 rings (SSSR count). The Morgan fingerprint density at radius 1 is 0.515 bits per heavy atom. The zero-order chi connectivity index (χ0) is 23.4. The highest BCUT2D eigenvalue weighted by Gasteiger charge is 2.25. The standard InChI is InChI=1S/C16H24.C16H18.CH4/c2*1-11-5-7-15(9-13(11)3)16-8-6-12(2)14(4)10-16;/h5,7,9,12,14,16H,6,8,10H2,1-4H3;5-10H,1-4H3;1H4. The molecular weight excluding hydrogens is 396 g/mol. The maximum absolute atomic E-state index is 2.41. The van der Waals surface area contributed by atoms with Crippen molar-refractivity contribution in [3.63, 3.8) is 0 Å². The lowest BCUT2D eigenvalue weighted by Crippen LogP contribution is -2.19. The molecule has 1 fully saturated rings. The number of aryl methyl sites for hydroxylation is 6. The lowest BCUT2D eigenvalue weighted by atomic mass is 9.73. The molecule has 1 aliphatic rings. The molecule has 1 aliphatic carbocycles. The van der Waals surface area contributed by atoms with E-state index in [9.17, 15) is 0 Å². The highest BCUT2D eigenvalue weighted by Crippen LogP contribution is 2.39. The Labute approximate surface area is 204 Å². The Morgan fingerprint density at radius 3 is 1.39 bits per heavy atom. The molecule has 1 saturated carbocycles. The van der Waals surface area contributed by atoms with E-state index in [1.165, 1.54) is 63.8 Å². The molecule has 178 valence electrons. The first-order chi connectivity index (χ1) is 15.2. The van der Waals surface area contributed by atoms with Crippen LogP contribution in [0.3, 0.4) is 0 Å². The predicted molar refractivity (Wildman–Crippen MR) is 148 cm³/mol. The van der Waals surface area contributed by atoms with E-state index in [2.05, 4.69) is 110 Å². The summed E-state index contributed by atoms with van der Waals surface area (Å²) in [5.74, 6) is 2.62. The molecule has 3 atom stereocenters. The minimum atomic E-state index is 0. The molecule has 0 aliphatic heterocycles. The molecule has 0 aromatic heterocycles. The first-order valence-electron chi connectivity index (χ1n) is 12.4. The van der Waals surface area contributed by atoms with Crippen LogP contribution in [0.25, 0.3) is 11.1 Å². The monoisotopic (exact) mass is 442 g/mol. The van der Waals surface area contributed by atoms with Crippen LogP contribution in [0.15, 0.2) is 54.6 Å². The highest BCUT2D eigenvalue weighted by molar-refractivity contribution is 5.66. The summed E-state index contributed by atoms with van der Waals surface area (Å²) in [7, 11) is 0. The van der Waals surface area contributed by atoms with Gasteiger partial charge in [0.1, 0.15) is 0 Å². The van der Waals surface area contributed by atoms with Gasteiger partial charge in [0.2, 0.25) is 0 Å². The van der Waals surface area contributed by atoms with Crippen molar-refractivity contribution in [2.75, 3.05) is 0 Å². The van der Waals surface area contributed by atoms with E-state index in [0.29, 0.717) is 0 Å². The van der Waals surface area contributed by atoms with Crippen LogP contribution in [0.1, 0.15) is 85.4 Å². The van der Waals surface area contributed by atoms with Crippen molar-refractivity contribution in [3.8, 4) is 11.1 Å². The third kappa shape index (κ3) is 6.83. The van der Waals surface area contributed by atoms with E-state index in [0.717, 1.165) is 17.8 Å². The molecule has 0 heteroatoms. The van der Waals surface area contributed by atoms with E-state index >= 15 is 0 Å². The lowest BCUT2D eigenvalue weighted by molar-refractivity contribution is 0.250. The smallest absolute Gasteiger partial charge is 0.0159 e. The Morgan fingerprint density at radius 2 is 0.970 bits per heavy atom. The van der Waals surface area contributed by atoms with Crippen LogP contribution in [0.4, 0.5) is 0 Å². The minimum absolute atomic E-state index is 0. The maximum atomic E-state index is 2.41. The van der Waals surface area contributed by atoms with E-state index in [1.54, 1.807) is 5.56 Å². The average Bonchev–Trinajstić information content (AvgIpc) is 2.76. The fourth-order valence-corrected chi connectivity index (χ4v) is 4.71. The normalized spacial score (nSPS) is 19.8. The van der Waals surface area contributed by atoms with Crippen molar-refractivity contribution >= 4 is 0 Å². The SMILES string of the molecule is C.Cc1ccc(-c2ccc(C)c(C)c2)cc1C.Cc1ccc(C2CCC(C)C(C)C2)cc1C. The van der Waals surface area contributed by atoms with Gasteiger partial charge in [-0.3, -0.25) is 0 Å². The van der Waals surface area contributed by atoms with Crippen molar-refractivity contribution in [2.45, 2.75) is 88.0 Å². The van der Waals surface area contributed by atoms with Gasteiger partial charge in [-0.2, -0.15) is 0 Å².